The third-order valence-corrected chi connectivity index (χ3v) is 7.07. The van der Waals surface area contributed by atoms with Crippen LogP contribution in [0, 0.1) is 13.8 Å². The van der Waals surface area contributed by atoms with E-state index in [0.717, 1.165) is 73.1 Å². The fourth-order valence-electron chi connectivity index (χ4n) is 4.77. The summed E-state index contributed by atoms with van der Waals surface area (Å²) < 4.78 is 18.0. The highest BCUT2D eigenvalue weighted by atomic mass is 16.5. The standard InChI is InChI=1S/C28H33N5O4/c1-19-20(2)31-24-6-5-21(15-22(19)24)37-28-23-16-26(35-3)27(17-25(23)29-18-30-28)36-14-12-33-10-8-32(9-11-33)7-4-13-34/h5-6,13,15-18,31H,4,7-12,14H2,1-3H3. The van der Waals surface area contributed by atoms with Gasteiger partial charge in [-0.05, 0) is 43.7 Å². The van der Waals surface area contributed by atoms with Crippen LogP contribution >= 0.6 is 0 Å². The van der Waals surface area contributed by atoms with E-state index in [1.807, 2.05) is 30.3 Å². The molecule has 0 spiro atoms. The number of ether oxygens (including phenoxy) is 3. The second-order valence-corrected chi connectivity index (χ2v) is 9.37. The molecule has 0 unspecified atom stereocenters. The van der Waals surface area contributed by atoms with Gasteiger partial charge in [-0.25, -0.2) is 9.97 Å². The molecule has 1 aliphatic heterocycles. The van der Waals surface area contributed by atoms with Crippen molar-refractivity contribution in [2.24, 2.45) is 0 Å². The number of H-pyrrole nitrogens is 1. The van der Waals surface area contributed by atoms with E-state index in [0.29, 0.717) is 36.2 Å². The van der Waals surface area contributed by atoms with Crippen molar-refractivity contribution in [3.05, 3.63) is 47.9 Å². The smallest absolute Gasteiger partial charge is 0.230 e. The van der Waals surface area contributed by atoms with E-state index in [1.165, 1.54) is 11.9 Å². The first-order valence-electron chi connectivity index (χ1n) is 12.7. The number of hydrogen-bond acceptors (Lipinski definition) is 8. The molecule has 1 saturated heterocycles. The fourth-order valence-corrected chi connectivity index (χ4v) is 4.77. The number of fused-ring (bicyclic) bond motifs is 2. The lowest BCUT2D eigenvalue weighted by Crippen LogP contribution is -2.47. The molecule has 37 heavy (non-hydrogen) atoms. The number of carbonyl (C=O) groups excluding carboxylic acids is 1. The number of aromatic nitrogens is 3. The quantitative estimate of drug-likeness (QED) is 0.323. The molecule has 0 radical (unpaired) electrons. The van der Waals surface area contributed by atoms with Gasteiger partial charge in [0.2, 0.25) is 5.88 Å². The summed E-state index contributed by atoms with van der Waals surface area (Å²) in [5.41, 5.74) is 4.16. The van der Waals surface area contributed by atoms with E-state index in [4.69, 9.17) is 14.2 Å². The van der Waals surface area contributed by atoms with Crippen LogP contribution in [0.4, 0.5) is 0 Å². The molecule has 0 atom stereocenters. The summed E-state index contributed by atoms with van der Waals surface area (Å²) >= 11 is 0. The monoisotopic (exact) mass is 503 g/mol. The second-order valence-electron chi connectivity index (χ2n) is 9.37. The summed E-state index contributed by atoms with van der Waals surface area (Å²) in [6.07, 6.45) is 3.09. The van der Waals surface area contributed by atoms with Crippen LogP contribution in [0.5, 0.6) is 23.1 Å². The van der Waals surface area contributed by atoms with E-state index in [9.17, 15) is 4.79 Å². The Morgan fingerprint density at radius 1 is 0.973 bits per heavy atom. The molecule has 2 aromatic carbocycles. The van der Waals surface area contributed by atoms with Crippen LogP contribution in [0.3, 0.4) is 0 Å². The van der Waals surface area contributed by atoms with E-state index >= 15 is 0 Å². The zero-order valence-corrected chi connectivity index (χ0v) is 21.6. The van der Waals surface area contributed by atoms with Crippen LogP contribution in [0.15, 0.2) is 36.7 Å². The number of aryl methyl sites for hydroxylation is 2. The molecule has 9 nitrogen and oxygen atoms in total. The van der Waals surface area contributed by atoms with E-state index in [-0.39, 0.29) is 0 Å². The maximum atomic E-state index is 10.6. The number of benzene rings is 2. The van der Waals surface area contributed by atoms with Crippen LogP contribution in [0.1, 0.15) is 17.7 Å². The van der Waals surface area contributed by atoms with Gasteiger partial charge in [0.15, 0.2) is 11.5 Å². The highest BCUT2D eigenvalue weighted by Crippen LogP contribution is 2.36. The van der Waals surface area contributed by atoms with Crippen molar-refractivity contribution < 1.29 is 19.0 Å². The number of nitrogens with zero attached hydrogens (tertiary/aromatic N) is 4. The van der Waals surface area contributed by atoms with Crippen LogP contribution in [-0.2, 0) is 4.79 Å². The number of methoxy groups -OCH3 is 1. The molecule has 1 N–H and O–H groups in total. The van der Waals surface area contributed by atoms with Crippen LogP contribution in [0.25, 0.3) is 21.8 Å². The molecule has 2 aromatic heterocycles. The fraction of sp³-hybridized carbons (Fsp3) is 0.393. The largest absolute Gasteiger partial charge is 0.493 e. The molecule has 0 amide bonds. The average Bonchev–Trinajstić information content (AvgIpc) is 3.20. The van der Waals surface area contributed by atoms with Gasteiger partial charge in [-0.1, -0.05) is 0 Å². The van der Waals surface area contributed by atoms with Gasteiger partial charge >= 0.3 is 0 Å². The van der Waals surface area contributed by atoms with Crippen molar-refractivity contribution in [2.75, 3.05) is 53.0 Å². The third kappa shape index (κ3) is 5.52. The lowest BCUT2D eigenvalue weighted by molar-refractivity contribution is -0.108. The molecule has 1 fully saturated rings. The third-order valence-electron chi connectivity index (χ3n) is 7.07. The molecular weight excluding hydrogens is 470 g/mol. The maximum absolute atomic E-state index is 10.6. The Hall–Kier alpha value is -3.69. The minimum atomic E-state index is 0.464. The number of hydrogen-bond donors (Lipinski definition) is 1. The van der Waals surface area contributed by atoms with Gasteiger partial charge in [-0.3, -0.25) is 4.90 Å². The highest BCUT2D eigenvalue weighted by Gasteiger charge is 2.18. The van der Waals surface area contributed by atoms with Crippen molar-refractivity contribution >= 4 is 28.1 Å². The normalized spacial score (nSPS) is 14.8. The first-order chi connectivity index (χ1) is 18.1. The summed E-state index contributed by atoms with van der Waals surface area (Å²) in [6.45, 7) is 10.3. The number of carbonyl (C=O) groups is 1. The van der Waals surface area contributed by atoms with Crippen molar-refractivity contribution in [3.63, 3.8) is 0 Å². The molecule has 0 bridgehead atoms. The first kappa shape index (κ1) is 25.0. The number of rotatable bonds is 10. The summed E-state index contributed by atoms with van der Waals surface area (Å²) in [5, 5.41) is 1.88. The minimum Gasteiger partial charge on any atom is -0.493 e. The Morgan fingerprint density at radius 2 is 1.76 bits per heavy atom. The van der Waals surface area contributed by atoms with Crippen LogP contribution < -0.4 is 14.2 Å². The van der Waals surface area contributed by atoms with Crippen molar-refractivity contribution in [3.8, 4) is 23.1 Å². The first-order valence-corrected chi connectivity index (χ1v) is 12.7. The van der Waals surface area contributed by atoms with E-state index in [2.05, 4.69) is 38.6 Å². The molecule has 4 aromatic rings. The summed E-state index contributed by atoms with van der Waals surface area (Å²) in [6, 6.07) is 9.73. The van der Waals surface area contributed by atoms with Gasteiger partial charge in [0.05, 0.1) is 18.0 Å². The average molecular weight is 504 g/mol. The highest BCUT2D eigenvalue weighted by molar-refractivity contribution is 5.88. The Morgan fingerprint density at radius 3 is 2.51 bits per heavy atom. The maximum Gasteiger partial charge on any atom is 0.230 e. The number of nitrogens with one attached hydrogen (secondary N) is 1. The number of aromatic amines is 1. The van der Waals surface area contributed by atoms with Crippen molar-refractivity contribution in [1.29, 1.82) is 0 Å². The molecular formula is C28H33N5O4. The summed E-state index contributed by atoms with van der Waals surface area (Å²) in [4.78, 5) is 27.5. The van der Waals surface area contributed by atoms with Crippen LogP contribution in [0.2, 0.25) is 0 Å². The van der Waals surface area contributed by atoms with Gasteiger partial charge in [0.1, 0.15) is 25.0 Å². The molecule has 0 saturated carbocycles. The second kappa shape index (κ2) is 11.1. The molecule has 194 valence electrons. The van der Waals surface area contributed by atoms with Gasteiger partial charge < -0.3 is 28.9 Å². The predicted octanol–water partition coefficient (Wildman–Crippen LogP) is 4.11. The Kier molecular flexibility index (Phi) is 7.52. The number of piperazine rings is 1. The zero-order chi connectivity index (χ0) is 25.8. The predicted molar refractivity (Wildman–Crippen MR) is 143 cm³/mol. The van der Waals surface area contributed by atoms with E-state index < -0.39 is 0 Å². The molecule has 1 aliphatic rings. The number of aldehydes is 1. The molecule has 5 rings (SSSR count). The lowest BCUT2D eigenvalue weighted by Gasteiger charge is -2.34. The van der Waals surface area contributed by atoms with E-state index in [1.54, 1.807) is 7.11 Å². The lowest BCUT2D eigenvalue weighted by atomic mass is 10.1. The van der Waals surface area contributed by atoms with Gasteiger partial charge in [-0.15, -0.1) is 0 Å². The topological polar surface area (TPSA) is 92.8 Å². The van der Waals surface area contributed by atoms with Crippen LogP contribution in [-0.4, -0.2) is 84.0 Å². The molecule has 0 aliphatic carbocycles. The summed E-state index contributed by atoms with van der Waals surface area (Å²) in [5.74, 6) is 2.43. The Balaban J connectivity index is 1.27. The SMILES string of the molecule is COc1cc2c(Oc3ccc4[nH]c(C)c(C)c4c3)ncnc2cc1OCCN1CCN(CCC=O)CC1. The van der Waals surface area contributed by atoms with Gasteiger partial charge in [-0.2, -0.15) is 0 Å². The Bertz CT molecular complexity index is 1390. The van der Waals surface area contributed by atoms with Crippen molar-refractivity contribution in [2.45, 2.75) is 20.3 Å². The van der Waals surface area contributed by atoms with Crippen molar-refractivity contribution in [1.82, 2.24) is 24.8 Å². The zero-order valence-electron chi connectivity index (χ0n) is 21.6. The molecule has 3 heterocycles. The Labute approximate surface area is 216 Å². The minimum absolute atomic E-state index is 0.464. The van der Waals surface area contributed by atoms with Gasteiger partial charge in [0.25, 0.3) is 0 Å². The van der Waals surface area contributed by atoms with Gasteiger partial charge in [0, 0.05) is 68.4 Å². The molecule has 9 heteroatoms. The summed E-state index contributed by atoms with van der Waals surface area (Å²) in [7, 11) is 1.63.